The second-order valence-corrected chi connectivity index (χ2v) is 2.98. The quantitative estimate of drug-likeness (QED) is 0.820. The Morgan fingerprint density at radius 2 is 2.06 bits per heavy atom. The highest BCUT2D eigenvalue weighted by Gasteiger charge is 2.08. The maximum Gasteiger partial charge on any atom is 0.336 e. The van der Waals surface area contributed by atoms with Gasteiger partial charge >= 0.3 is 5.63 Å². The predicted octanol–water partition coefficient (Wildman–Crippen LogP) is 1.29. The highest BCUT2D eigenvalue weighted by molar-refractivity contribution is 6.01. The summed E-state index contributed by atoms with van der Waals surface area (Å²) in [6, 6.07) is 9.22. The second kappa shape index (κ2) is 4.39. The number of carbonyl (C=O) groups excluding carboxylic acids is 1. The van der Waals surface area contributed by atoms with E-state index in [1.165, 1.54) is 18.2 Å². The third-order valence-electron chi connectivity index (χ3n) is 1.82. The first-order chi connectivity index (χ1) is 7.75. The lowest BCUT2D eigenvalue weighted by Gasteiger charge is -2.01. The molecule has 16 heavy (non-hydrogen) atoms. The number of rotatable bonds is 2. The fraction of sp³-hybridized carbons (Fsp3) is 0. The van der Waals surface area contributed by atoms with Gasteiger partial charge in [0.25, 0.3) is 5.91 Å². The molecule has 0 aromatic carbocycles. The van der Waals surface area contributed by atoms with Gasteiger partial charge in [-0.1, -0.05) is 12.1 Å². The highest BCUT2D eigenvalue weighted by atomic mass is 16.4. The molecule has 0 saturated carbocycles. The van der Waals surface area contributed by atoms with Crippen LogP contribution in [0, 0.1) is 0 Å². The molecule has 2 heterocycles. The molecule has 0 spiro atoms. The molecule has 0 aliphatic carbocycles. The molecular weight excluding hydrogens is 208 g/mol. The average Bonchev–Trinajstić information content (AvgIpc) is 2.30. The van der Waals surface area contributed by atoms with Gasteiger partial charge in [0.05, 0.1) is 0 Å². The van der Waals surface area contributed by atoms with Crippen molar-refractivity contribution in [2.24, 2.45) is 0 Å². The molecule has 0 aliphatic heterocycles. The number of hydrogen-bond acceptors (Lipinski definition) is 4. The molecule has 1 amide bonds. The van der Waals surface area contributed by atoms with E-state index in [1.807, 2.05) is 0 Å². The molecule has 0 saturated heterocycles. The van der Waals surface area contributed by atoms with E-state index >= 15 is 0 Å². The fourth-order valence-corrected chi connectivity index (χ4v) is 1.13. The topological polar surface area (TPSA) is 72.2 Å². The first kappa shape index (κ1) is 10.1. The van der Waals surface area contributed by atoms with E-state index in [0.717, 1.165) is 0 Å². The number of amides is 1. The molecule has 5 nitrogen and oxygen atoms in total. The Hall–Kier alpha value is -2.43. The summed E-state index contributed by atoms with van der Waals surface area (Å²) in [7, 11) is 0. The molecule has 0 fully saturated rings. The molecule has 2 aromatic heterocycles. The van der Waals surface area contributed by atoms with Gasteiger partial charge in [-0.05, 0) is 18.2 Å². The summed E-state index contributed by atoms with van der Waals surface area (Å²) in [5.41, 5.74) is -0.561. The standard InChI is InChI=1S/C11H8N2O3/c14-10-6-3-4-8(16-10)11(15)13-9-5-1-2-7-12-9/h1-7H,(H,12,13,15). The van der Waals surface area contributed by atoms with Gasteiger partial charge in [0.1, 0.15) is 5.82 Å². The van der Waals surface area contributed by atoms with Crippen LogP contribution in [0.5, 0.6) is 0 Å². The zero-order valence-corrected chi connectivity index (χ0v) is 8.21. The molecular formula is C11H8N2O3. The third-order valence-corrected chi connectivity index (χ3v) is 1.82. The van der Waals surface area contributed by atoms with Crippen molar-refractivity contribution in [2.45, 2.75) is 0 Å². The molecule has 80 valence electrons. The predicted molar refractivity (Wildman–Crippen MR) is 57.2 cm³/mol. The van der Waals surface area contributed by atoms with E-state index in [0.29, 0.717) is 5.82 Å². The molecule has 0 bridgehead atoms. The van der Waals surface area contributed by atoms with Crippen LogP contribution >= 0.6 is 0 Å². The molecule has 2 aromatic rings. The number of aromatic nitrogens is 1. The maximum atomic E-state index is 11.6. The van der Waals surface area contributed by atoms with E-state index in [9.17, 15) is 9.59 Å². The molecule has 0 aliphatic rings. The van der Waals surface area contributed by atoms with Gasteiger partial charge in [0, 0.05) is 12.3 Å². The minimum absolute atomic E-state index is 0.0434. The summed E-state index contributed by atoms with van der Waals surface area (Å²) in [4.78, 5) is 26.4. The van der Waals surface area contributed by atoms with Crippen LogP contribution in [0.15, 0.2) is 51.8 Å². The zero-order valence-electron chi connectivity index (χ0n) is 8.21. The van der Waals surface area contributed by atoms with Crippen LogP contribution in [-0.2, 0) is 0 Å². The van der Waals surface area contributed by atoms with Crippen molar-refractivity contribution in [3.63, 3.8) is 0 Å². The van der Waals surface area contributed by atoms with Crippen LogP contribution in [0.3, 0.4) is 0 Å². The summed E-state index contributed by atoms with van der Waals surface area (Å²) >= 11 is 0. The van der Waals surface area contributed by atoms with Crippen LogP contribution < -0.4 is 10.9 Å². The van der Waals surface area contributed by atoms with Gasteiger partial charge in [-0.25, -0.2) is 9.78 Å². The number of anilines is 1. The van der Waals surface area contributed by atoms with Gasteiger partial charge in [-0.2, -0.15) is 0 Å². The lowest BCUT2D eigenvalue weighted by Crippen LogP contribution is -2.14. The van der Waals surface area contributed by atoms with Crippen molar-refractivity contribution >= 4 is 11.7 Å². The smallest absolute Gasteiger partial charge is 0.336 e. The molecule has 0 unspecified atom stereocenters. The number of nitrogens with zero attached hydrogens (tertiary/aromatic N) is 1. The minimum Gasteiger partial charge on any atom is -0.417 e. The summed E-state index contributed by atoms with van der Waals surface area (Å²) in [5.74, 6) is -0.145. The van der Waals surface area contributed by atoms with E-state index in [1.54, 1.807) is 24.4 Å². The Balaban J connectivity index is 2.18. The van der Waals surface area contributed by atoms with Gasteiger partial charge < -0.3 is 9.73 Å². The number of nitrogens with one attached hydrogen (secondary N) is 1. The van der Waals surface area contributed by atoms with Crippen molar-refractivity contribution in [3.8, 4) is 0 Å². The van der Waals surface area contributed by atoms with Crippen molar-refractivity contribution < 1.29 is 9.21 Å². The first-order valence-corrected chi connectivity index (χ1v) is 4.58. The van der Waals surface area contributed by atoms with E-state index in [4.69, 9.17) is 4.42 Å². The van der Waals surface area contributed by atoms with Crippen molar-refractivity contribution in [1.29, 1.82) is 0 Å². The van der Waals surface area contributed by atoms with Crippen LogP contribution in [0.25, 0.3) is 0 Å². The van der Waals surface area contributed by atoms with Crippen molar-refractivity contribution in [1.82, 2.24) is 4.98 Å². The Labute approximate surface area is 90.8 Å². The largest absolute Gasteiger partial charge is 0.417 e. The zero-order chi connectivity index (χ0) is 11.4. The molecule has 1 N–H and O–H groups in total. The average molecular weight is 216 g/mol. The monoisotopic (exact) mass is 216 g/mol. The molecule has 0 atom stereocenters. The van der Waals surface area contributed by atoms with E-state index in [2.05, 4.69) is 10.3 Å². The molecule has 5 heteroatoms. The first-order valence-electron chi connectivity index (χ1n) is 4.58. The minimum atomic E-state index is -0.561. The SMILES string of the molecule is O=C(Nc1ccccn1)c1cccc(=O)o1. The van der Waals surface area contributed by atoms with E-state index in [-0.39, 0.29) is 5.76 Å². The van der Waals surface area contributed by atoms with Crippen molar-refractivity contribution in [2.75, 3.05) is 5.32 Å². The Morgan fingerprint density at radius 1 is 1.19 bits per heavy atom. The van der Waals surface area contributed by atoms with Crippen molar-refractivity contribution in [3.05, 3.63) is 58.8 Å². The van der Waals surface area contributed by atoms with Gasteiger partial charge in [0.15, 0.2) is 5.76 Å². The van der Waals surface area contributed by atoms with Crippen LogP contribution in [0.2, 0.25) is 0 Å². The summed E-state index contributed by atoms with van der Waals surface area (Å²) in [6.07, 6.45) is 1.55. The van der Waals surface area contributed by atoms with Crippen LogP contribution in [0.1, 0.15) is 10.6 Å². The fourth-order valence-electron chi connectivity index (χ4n) is 1.13. The second-order valence-electron chi connectivity index (χ2n) is 2.98. The van der Waals surface area contributed by atoms with Crippen LogP contribution in [-0.4, -0.2) is 10.9 Å². The Morgan fingerprint density at radius 3 is 2.75 bits per heavy atom. The Kier molecular flexibility index (Phi) is 2.77. The summed E-state index contributed by atoms with van der Waals surface area (Å²) in [6.45, 7) is 0. The lowest BCUT2D eigenvalue weighted by molar-refractivity contribution is 0.0992. The number of carbonyl (C=O) groups is 1. The summed E-state index contributed by atoms with van der Waals surface area (Å²) in [5, 5.41) is 2.50. The molecule has 2 rings (SSSR count). The Bertz CT molecular complexity index is 548. The summed E-state index contributed by atoms with van der Waals surface area (Å²) < 4.78 is 4.72. The van der Waals surface area contributed by atoms with E-state index < -0.39 is 11.5 Å². The van der Waals surface area contributed by atoms with Gasteiger partial charge in [-0.15, -0.1) is 0 Å². The highest BCUT2D eigenvalue weighted by Crippen LogP contribution is 2.03. The number of pyridine rings is 1. The normalized spacial score (nSPS) is 9.75. The van der Waals surface area contributed by atoms with Crippen LogP contribution in [0.4, 0.5) is 5.82 Å². The third kappa shape index (κ3) is 2.33. The maximum absolute atomic E-state index is 11.6. The molecule has 0 radical (unpaired) electrons. The van der Waals surface area contributed by atoms with Gasteiger partial charge in [0.2, 0.25) is 0 Å². The van der Waals surface area contributed by atoms with Gasteiger partial charge in [-0.3, -0.25) is 4.79 Å². The lowest BCUT2D eigenvalue weighted by atomic mass is 10.3. The number of hydrogen-bond donors (Lipinski definition) is 1.